The van der Waals surface area contributed by atoms with Crippen molar-refractivity contribution in [2.45, 2.75) is 19.1 Å². The lowest BCUT2D eigenvalue weighted by atomic mass is 10.1. The summed E-state index contributed by atoms with van der Waals surface area (Å²) in [7, 11) is 2.12. The molecule has 2 atom stereocenters. The lowest BCUT2D eigenvalue weighted by Crippen LogP contribution is -2.51. The van der Waals surface area contributed by atoms with Gasteiger partial charge in [0.25, 0.3) is 11.8 Å². The number of aliphatic hydroxyl groups is 1. The molecule has 4 N–H and O–H groups in total. The minimum absolute atomic E-state index is 0.296. The zero-order valence-electron chi connectivity index (χ0n) is 18.1. The van der Waals surface area contributed by atoms with Gasteiger partial charge < -0.3 is 20.2 Å². The molecule has 1 saturated heterocycles. The number of hydrogen-bond acceptors (Lipinski definition) is 7. The summed E-state index contributed by atoms with van der Waals surface area (Å²) >= 11 is 0. The van der Waals surface area contributed by atoms with Crippen molar-refractivity contribution in [3.8, 4) is 11.8 Å². The predicted octanol–water partition coefficient (Wildman–Crippen LogP) is 0.218. The maximum Gasteiger partial charge on any atom is 0.268 e. The Bertz CT molecular complexity index is 988. The molecule has 1 fully saturated rings. The van der Waals surface area contributed by atoms with Crippen molar-refractivity contribution < 1.29 is 19.9 Å². The lowest BCUT2D eigenvalue weighted by molar-refractivity contribution is -0.133. The minimum atomic E-state index is -1.27. The van der Waals surface area contributed by atoms with Crippen molar-refractivity contribution in [3.05, 3.63) is 59.3 Å². The molecular weight excluding hydrogens is 410 g/mol. The van der Waals surface area contributed by atoms with E-state index in [2.05, 4.69) is 39.0 Å². The number of nitrogens with one attached hydrogen (secondary N) is 2. The van der Waals surface area contributed by atoms with Gasteiger partial charge in [0.2, 0.25) is 0 Å². The number of nitrogens with zero attached hydrogens (tertiary/aromatic N) is 3. The molecule has 0 spiro atoms. The summed E-state index contributed by atoms with van der Waals surface area (Å²) in [6.45, 7) is 5.29. The van der Waals surface area contributed by atoms with E-state index in [1.807, 2.05) is 12.1 Å². The Morgan fingerprint density at radius 1 is 1.03 bits per heavy atom. The van der Waals surface area contributed by atoms with E-state index in [4.69, 9.17) is 5.21 Å². The van der Waals surface area contributed by atoms with Crippen molar-refractivity contribution in [3.63, 3.8) is 0 Å². The highest BCUT2D eigenvalue weighted by Gasteiger charge is 2.25. The van der Waals surface area contributed by atoms with Crippen LogP contribution in [-0.2, 0) is 4.79 Å². The second-order valence-electron chi connectivity index (χ2n) is 7.69. The maximum absolute atomic E-state index is 12.3. The van der Waals surface area contributed by atoms with Crippen LogP contribution in [0.4, 0.5) is 5.82 Å². The van der Waals surface area contributed by atoms with Gasteiger partial charge in [0.1, 0.15) is 11.9 Å². The van der Waals surface area contributed by atoms with Crippen LogP contribution in [0.2, 0.25) is 0 Å². The summed E-state index contributed by atoms with van der Waals surface area (Å²) in [5, 5.41) is 20.7. The van der Waals surface area contributed by atoms with Crippen molar-refractivity contribution in [2.24, 2.45) is 0 Å². The van der Waals surface area contributed by atoms with E-state index in [9.17, 15) is 14.7 Å². The van der Waals surface area contributed by atoms with E-state index in [0.29, 0.717) is 11.1 Å². The standard InChI is InChI=1S/C23H27N5O4/c1-16(29)21(23(31)26-32)25-22(30)19-8-5-17(6-9-19)3-4-18-7-10-20(24-15-18)28-13-11-27(2)12-14-28/h5-10,15-16,21,29,32H,11-14H2,1-2H3,(H,25,30)(H,26,31)/t16-,21+/m1/s1. The second-order valence-corrected chi connectivity index (χ2v) is 7.69. The van der Waals surface area contributed by atoms with Crippen molar-refractivity contribution in [1.29, 1.82) is 0 Å². The van der Waals surface area contributed by atoms with Crippen LogP contribution in [-0.4, -0.2) is 77.4 Å². The smallest absolute Gasteiger partial charge is 0.268 e. The Kier molecular flexibility index (Phi) is 7.78. The summed E-state index contributed by atoms with van der Waals surface area (Å²) in [6.07, 6.45) is 0.581. The minimum Gasteiger partial charge on any atom is -0.391 e. The summed E-state index contributed by atoms with van der Waals surface area (Å²) in [5.41, 5.74) is 3.23. The van der Waals surface area contributed by atoms with Gasteiger partial charge in [0.05, 0.1) is 6.10 Å². The second kappa shape index (κ2) is 10.7. The topological polar surface area (TPSA) is 118 Å². The number of aromatic nitrogens is 1. The number of carbonyl (C=O) groups excluding carboxylic acids is 2. The normalized spacial score (nSPS) is 15.8. The summed E-state index contributed by atoms with van der Waals surface area (Å²) in [4.78, 5) is 32.9. The summed E-state index contributed by atoms with van der Waals surface area (Å²) < 4.78 is 0. The number of piperazine rings is 1. The first-order chi connectivity index (χ1) is 15.4. The molecule has 2 heterocycles. The fraction of sp³-hybridized carbons (Fsp3) is 0.348. The third-order valence-electron chi connectivity index (χ3n) is 5.24. The van der Waals surface area contributed by atoms with Crippen LogP contribution in [0.25, 0.3) is 0 Å². The number of pyridine rings is 1. The van der Waals surface area contributed by atoms with Gasteiger partial charge in [-0.25, -0.2) is 10.5 Å². The molecule has 0 aliphatic carbocycles. The molecule has 0 saturated carbocycles. The van der Waals surface area contributed by atoms with Crippen LogP contribution in [0.3, 0.4) is 0 Å². The van der Waals surface area contributed by atoms with E-state index in [-0.39, 0.29) is 0 Å². The molecule has 1 aliphatic rings. The van der Waals surface area contributed by atoms with Gasteiger partial charge in [-0.1, -0.05) is 11.8 Å². The van der Waals surface area contributed by atoms with Crippen LogP contribution in [0.5, 0.6) is 0 Å². The molecule has 3 rings (SSSR count). The average Bonchev–Trinajstić information content (AvgIpc) is 2.81. The van der Waals surface area contributed by atoms with E-state index in [0.717, 1.165) is 37.6 Å². The van der Waals surface area contributed by atoms with Gasteiger partial charge >= 0.3 is 0 Å². The molecule has 2 amide bonds. The highest BCUT2D eigenvalue weighted by molar-refractivity contribution is 5.97. The Morgan fingerprint density at radius 3 is 2.22 bits per heavy atom. The number of anilines is 1. The summed E-state index contributed by atoms with van der Waals surface area (Å²) in [6, 6.07) is 9.18. The number of benzene rings is 1. The fourth-order valence-electron chi connectivity index (χ4n) is 3.23. The molecule has 0 radical (unpaired) electrons. The Hall–Kier alpha value is -3.45. The zero-order valence-corrected chi connectivity index (χ0v) is 18.1. The molecule has 1 aromatic carbocycles. The Balaban J connectivity index is 1.61. The van der Waals surface area contributed by atoms with Crippen LogP contribution in [0.1, 0.15) is 28.4 Å². The zero-order chi connectivity index (χ0) is 23.1. The fourth-order valence-corrected chi connectivity index (χ4v) is 3.23. The van der Waals surface area contributed by atoms with Crippen molar-refractivity contribution in [1.82, 2.24) is 20.7 Å². The Morgan fingerprint density at radius 2 is 1.66 bits per heavy atom. The van der Waals surface area contributed by atoms with Crippen LogP contribution >= 0.6 is 0 Å². The van der Waals surface area contributed by atoms with E-state index in [1.54, 1.807) is 30.5 Å². The monoisotopic (exact) mass is 437 g/mol. The number of hydrogen-bond donors (Lipinski definition) is 4. The number of rotatable bonds is 5. The van der Waals surface area contributed by atoms with Crippen LogP contribution in [0.15, 0.2) is 42.6 Å². The van der Waals surface area contributed by atoms with Gasteiger partial charge in [-0.15, -0.1) is 0 Å². The predicted molar refractivity (Wildman–Crippen MR) is 119 cm³/mol. The molecule has 168 valence electrons. The first-order valence-corrected chi connectivity index (χ1v) is 10.3. The number of aliphatic hydroxyl groups excluding tert-OH is 1. The van der Waals surface area contributed by atoms with E-state index < -0.39 is 24.0 Å². The maximum atomic E-state index is 12.3. The van der Waals surface area contributed by atoms with Gasteiger partial charge in [0.15, 0.2) is 0 Å². The van der Waals surface area contributed by atoms with Gasteiger partial charge in [-0.05, 0) is 50.4 Å². The Labute approximate surface area is 187 Å². The molecule has 1 aromatic heterocycles. The molecule has 0 unspecified atom stereocenters. The van der Waals surface area contributed by atoms with E-state index in [1.165, 1.54) is 12.4 Å². The molecular formula is C23H27N5O4. The van der Waals surface area contributed by atoms with E-state index >= 15 is 0 Å². The lowest BCUT2D eigenvalue weighted by Gasteiger charge is -2.33. The quantitative estimate of drug-likeness (QED) is 0.300. The molecule has 32 heavy (non-hydrogen) atoms. The largest absolute Gasteiger partial charge is 0.391 e. The van der Waals surface area contributed by atoms with Crippen molar-refractivity contribution in [2.75, 3.05) is 38.1 Å². The number of likely N-dealkylation sites (N-methyl/N-ethyl adjacent to an activating group) is 1. The molecule has 9 heteroatoms. The SMILES string of the molecule is C[C@@H](O)[C@H](NC(=O)c1ccc(C#Cc2ccc(N3CCN(C)CC3)nc2)cc1)C(=O)NO. The third-order valence-corrected chi connectivity index (χ3v) is 5.24. The molecule has 2 aromatic rings. The molecule has 9 nitrogen and oxygen atoms in total. The average molecular weight is 438 g/mol. The third kappa shape index (κ3) is 6.04. The summed E-state index contributed by atoms with van der Waals surface area (Å²) in [5.74, 6) is 5.60. The van der Waals surface area contributed by atoms with Crippen LogP contribution in [0, 0.1) is 11.8 Å². The first kappa shape index (κ1) is 23.2. The van der Waals surface area contributed by atoms with Gasteiger partial charge in [0, 0.05) is 49.1 Å². The van der Waals surface area contributed by atoms with Gasteiger partial charge in [-0.3, -0.25) is 14.8 Å². The number of carbonyl (C=O) groups is 2. The van der Waals surface area contributed by atoms with Gasteiger partial charge in [-0.2, -0.15) is 0 Å². The van der Waals surface area contributed by atoms with Crippen molar-refractivity contribution >= 4 is 17.6 Å². The highest BCUT2D eigenvalue weighted by Crippen LogP contribution is 2.13. The van der Waals surface area contributed by atoms with Crippen LogP contribution < -0.4 is 15.7 Å². The first-order valence-electron chi connectivity index (χ1n) is 10.3. The number of amides is 2. The number of hydroxylamine groups is 1. The highest BCUT2D eigenvalue weighted by atomic mass is 16.5. The molecule has 1 aliphatic heterocycles. The molecule has 0 bridgehead atoms.